The van der Waals surface area contributed by atoms with Gasteiger partial charge in [-0.1, -0.05) is 89.7 Å². The van der Waals surface area contributed by atoms with E-state index in [-0.39, 0.29) is 0 Å². The maximum atomic E-state index is 11.0. The Kier molecular flexibility index (Phi) is 10.5. The van der Waals surface area contributed by atoms with Crippen LogP contribution in [0.4, 0.5) is 0 Å². The van der Waals surface area contributed by atoms with Crippen molar-refractivity contribution in [2.24, 2.45) is 0 Å². The summed E-state index contributed by atoms with van der Waals surface area (Å²) >= 11 is 0. The quantitative estimate of drug-likeness (QED) is 0.321. The van der Waals surface area contributed by atoms with E-state index in [1.165, 1.54) is 70.6 Å². The van der Waals surface area contributed by atoms with E-state index < -0.39 is 5.97 Å². The first-order chi connectivity index (χ1) is 13.7. The molecule has 0 spiro atoms. The van der Waals surface area contributed by atoms with Crippen LogP contribution in [0.15, 0.2) is 36.4 Å². The fourth-order valence-corrected chi connectivity index (χ4v) is 3.58. The second kappa shape index (κ2) is 13.2. The van der Waals surface area contributed by atoms with Crippen LogP contribution >= 0.6 is 0 Å². The number of unbranched alkanes of at least 4 members (excludes halogenated alkanes) is 11. The molecule has 0 fully saturated rings. The predicted molar refractivity (Wildman–Crippen MR) is 117 cm³/mol. The zero-order valence-electron chi connectivity index (χ0n) is 17.4. The first-order valence-corrected chi connectivity index (χ1v) is 11.1. The number of hydrogen-bond donors (Lipinski definition) is 1. The van der Waals surface area contributed by atoms with Crippen molar-refractivity contribution in [2.75, 3.05) is 6.61 Å². The Bertz CT molecular complexity index is 708. The lowest BCUT2D eigenvalue weighted by Gasteiger charge is -2.08. The van der Waals surface area contributed by atoms with E-state index >= 15 is 0 Å². The Hall–Kier alpha value is -2.03. The zero-order chi connectivity index (χ0) is 20.0. The smallest absolute Gasteiger partial charge is 0.335 e. The first kappa shape index (κ1) is 22.3. The number of aromatic carboxylic acids is 1. The van der Waals surface area contributed by atoms with Gasteiger partial charge >= 0.3 is 5.97 Å². The molecule has 0 aliphatic carbocycles. The molecule has 0 aliphatic heterocycles. The molecule has 0 aromatic heterocycles. The van der Waals surface area contributed by atoms with Crippen LogP contribution in [-0.4, -0.2) is 17.7 Å². The molecule has 0 saturated heterocycles. The van der Waals surface area contributed by atoms with Crippen molar-refractivity contribution in [3.8, 4) is 5.75 Å². The van der Waals surface area contributed by atoms with Crippen molar-refractivity contribution in [2.45, 2.75) is 84.0 Å². The van der Waals surface area contributed by atoms with Gasteiger partial charge in [0.15, 0.2) is 0 Å². The average molecular weight is 385 g/mol. The highest BCUT2D eigenvalue weighted by molar-refractivity contribution is 5.94. The van der Waals surface area contributed by atoms with Gasteiger partial charge in [-0.2, -0.15) is 0 Å². The summed E-state index contributed by atoms with van der Waals surface area (Å²) in [6.07, 6.45) is 16.1. The Morgan fingerprint density at radius 2 is 1.29 bits per heavy atom. The molecule has 0 atom stereocenters. The minimum atomic E-state index is -0.894. The molecule has 2 aromatic rings. The third-order valence-corrected chi connectivity index (χ3v) is 5.33. The van der Waals surface area contributed by atoms with Crippen LogP contribution in [0.25, 0.3) is 10.8 Å². The van der Waals surface area contributed by atoms with Crippen LogP contribution < -0.4 is 4.74 Å². The summed E-state index contributed by atoms with van der Waals surface area (Å²) < 4.78 is 5.87. The molecule has 0 bridgehead atoms. The lowest BCUT2D eigenvalue weighted by Crippen LogP contribution is -1.98. The second-order valence-electron chi connectivity index (χ2n) is 7.77. The van der Waals surface area contributed by atoms with Gasteiger partial charge in [0.25, 0.3) is 0 Å². The Morgan fingerprint density at radius 3 is 1.89 bits per heavy atom. The van der Waals surface area contributed by atoms with Crippen molar-refractivity contribution in [1.29, 1.82) is 0 Å². The minimum absolute atomic E-state index is 0.317. The Labute approximate surface area is 170 Å². The van der Waals surface area contributed by atoms with E-state index in [0.29, 0.717) is 5.56 Å². The lowest BCUT2D eigenvalue weighted by molar-refractivity contribution is 0.0697. The summed E-state index contributed by atoms with van der Waals surface area (Å²) in [5.41, 5.74) is 0.317. The van der Waals surface area contributed by atoms with Gasteiger partial charge in [0.1, 0.15) is 5.75 Å². The van der Waals surface area contributed by atoms with Crippen molar-refractivity contribution in [3.63, 3.8) is 0 Å². The lowest BCUT2D eigenvalue weighted by atomic mass is 10.1. The maximum absolute atomic E-state index is 11.0. The van der Waals surface area contributed by atoms with Gasteiger partial charge in [-0.25, -0.2) is 4.79 Å². The molecule has 0 saturated carbocycles. The molecule has 0 unspecified atom stereocenters. The molecule has 2 rings (SSSR count). The van der Waals surface area contributed by atoms with Crippen LogP contribution in [0.2, 0.25) is 0 Å². The first-order valence-electron chi connectivity index (χ1n) is 11.1. The van der Waals surface area contributed by atoms with Crippen LogP contribution in [0.5, 0.6) is 5.75 Å². The molecule has 0 radical (unpaired) electrons. The van der Waals surface area contributed by atoms with Crippen molar-refractivity contribution in [3.05, 3.63) is 42.0 Å². The van der Waals surface area contributed by atoms with Gasteiger partial charge in [0.2, 0.25) is 0 Å². The van der Waals surface area contributed by atoms with Crippen LogP contribution in [0.1, 0.15) is 94.3 Å². The number of carboxylic acid groups (broad SMARTS) is 1. The van der Waals surface area contributed by atoms with Crippen LogP contribution in [0.3, 0.4) is 0 Å². The third-order valence-electron chi connectivity index (χ3n) is 5.33. The predicted octanol–water partition coefficient (Wildman–Crippen LogP) is 7.62. The highest BCUT2D eigenvalue weighted by Gasteiger charge is 2.04. The molecular weight excluding hydrogens is 348 g/mol. The van der Waals surface area contributed by atoms with E-state index in [0.717, 1.165) is 29.5 Å². The highest BCUT2D eigenvalue weighted by atomic mass is 16.5. The molecular formula is C25H36O3. The van der Waals surface area contributed by atoms with Gasteiger partial charge in [0.05, 0.1) is 12.2 Å². The van der Waals surface area contributed by atoms with E-state index in [4.69, 9.17) is 9.84 Å². The van der Waals surface area contributed by atoms with Crippen molar-refractivity contribution >= 4 is 16.7 Å². The van der Waals surface area contributed by atoms with E-state index in [1.54, 1.807) is 12.1 Å². The minimum Gasteiger partial charge on any atom is -0.494 e. The fourth-order valence-electron chi connectivity index (χ4n) is 3.58. The molecule has 0 heterocycles. The van der Waals surface area contributed by atoms with Crippen LogP contribution in [0, 0.1) is 0 Å². The van der Waals surface area contributed by atoms with Crippen LogP contribution in [-0.2, 0) is 0 Å². The number of benzene rings is 2. The molecule has 0 amide bonds. The summed E-state index contributed by atoms with van der Waals surface area (Å²) in [5, 5.41) is 11.0. The molecule has 3 nitrogen and oxygen atoms in total. The van der Waals surface area contributed by atoms with Gasteiger partial charge in [-0.15, -0.1) is 0 Å². The molecule has 3 heteroatoms. The number of ether oxygens (including phenoxy) is 1. The van der Waals surface area contributed by atoms with Gasteiger partial charge in [-0.05, 0) is 41.5 Å². The number of carboxylic acids is 1. The number of fused-ring (bicyclic) bond motifs is 1. The number of carbonyl (C=O) groups is 1. The summed E-state index contributed by atoms with van der Waals surface area (Å²) in [5.74, 6) is -0.0344. The summed E-state index contributed by atoms with van der Waals surface area (Å²) in [7, 11) is 0. The monoisotopic (exact) mass is 384 g/mol. The normalized spacial score (nSPS) is 11.0. The standard InChI is InChI=1S/C25H36O3/c1-2-3-4-5-6-7-8-9-10-11-12-13-18-28-24-17-16-21-19-23(25(26)27)15-14-22(21)20-24/h14-17,19-20H,2-13,18H2,1H3,(H,26,27). The number of hydrogen-bond acceptors (Lipinski definition) is 2. The van der Waals surface area contributed by atoms with Crippen molar-refractivity contribution in [1.82, 2.24) is 0 Å². The fraction of sp³-hybridized carbons (Fsp3) is 0.560. The SMILES string of the molecule is CCCCCCCCCCCCCCOc1ccc2cc(C(=O)O)ccc2c1. The average Bonchev–Trinajstić information content (AvgIpc) is 2.71. The summed E-state index contributed by atoms with van der Waals surface area (Å²) in [6, 6.07) is 11.0. The van der Waals surface area contributed by atoms with Gasteiger partial charge in [-0.3, -0.25) is 0 Å². The van der Waals surface area contributed by atoms with E-state index in [1.807, 2.05) is 24.3 Å². The molecule has 154 valence electrons. The number of rotatable bonds is 15. The van der Waals surface area contributed by atoms with E-state index in [2.05, 4.69) is 6.92 Å². The third kappa shape index (κ3) is 8.33. The van der Waals surface area contributed by atoms with E-state index in [9.17, 15) is 4.79 Å². The topological polar surface area (TPSA) is 46.5 Å². The largest absolute Gasteiger partial charge is 0.494 e. The van der Waals surface area contributed by atoms with Crippen molar-refractivity contribution < 1.29 is 14.6 Å². The second-order valence-corrected chi connectivity index (χ2v) is 7.77. The Morgan fingerprint density at radius 1 is 0.750 bits per heavy atom. The summed E-state index contributed by atoms with van der Waals surface area (Å²) in [6.45, 7) is 3.02. The zero-order valence-corrected chi connectivity index (χ0v) is 17.4. The summed E-state index contributed by atoms with van der Waals surface area (Å²) in [4.78, 5) is 11.0. The molecule has 28 heavy (non-hydrogen) atoms. The highest BCUT2D eigenvalue weighted by Crippen LogP contribution is 2.22. The Balaban J connectivity index is 1.53. The van der Waals surface area contributed by atoms with Gasteiger partial charge < -0.3 is 9.84 Å². The molecule has 2 aromatic carbocycles. The molecule has 1 N–H and O–H groups in total. The maximum Gasteiger partial charge on any atom is 0.335 e. The molecule has 0 aliphatic rings. The van der Waals surface area contributed by atoms with Gasteiger partial charge in [0, 0.05) is 0 Å².